The molecule has 1 fully saturated rings. The minimum Gasteiger partial charge on any atom is -0.330 e. The fraction of sp³-hybridized carbons (Fsp3) is 1.00. The lowest BCUT2D eigenvalue weighted by Gasteiger charge is -2.32. The van der Waals surface area contributed by atoms with Gasteiger partial charge in [-0.25, -0.2) is 0 Å². The maximum Gasteiger partial charge on any atom is 0.391 e. The Hall–Kier alpha value is -0.290. The van der Waals surface area contributed by atoms with Gasteiger partial charge in [0.2, 0.25) is 0 Å². The molecule has 1 aliphatic heterocycles. The van der Waals surface area contributed by atoms with Crippen LogP contribution in [0.15, 0.2) is 0 Å². The lowest BCUT2D eigenvalue weighted by Crippen LogP contribution is -2.37. The Balaban J connectivity index is 2.30. The number of halogens is 3. The topological polar surface area (TPSA) is 29.3 Å². The smallest absolute Gasteiger partial charge is 0.330 e. The molecule has 1 rings (SSSR count). The van der Waals surface area contributed by atoms with E-state index in [9.17, 15) is 13.2 Å². The van der Waals surface area contributed by atoms with Gasteiger partial charge in [-0.15, -0.1) is 0 Å². The molecule has 0 radical (unpaired) electrons. The molecule has 1 heterocycles. The first-order chi connectivity index (χ1) is 8.47. The van der Waals surface area contributed by atoms with Gasteiger partial charge in [-0.2, -0.15) is 13.2 Å². The minimum absolute atomic E-state index is 0.0505. The normalized spacial score (nSPS) is 21.2. The van der Waals surface area contributed by atoms with Gasteiger partial charge >= 0.3 is 6.18 Å². The van der Waals surface area contributed by atoms with Crippen LogP contribution in [0.5, 0.6) is 0 Å². The molecule has 0 spiro atoms. The summed E-state index contributed by atoms with van der Waals surface area (Å²) in [6.07, 6.45) is -0.409. The van der Waals surface area contributed by atoms with Crippen LogP contribution >= 0.6 is 0 Å². The lowest BCUT2D eigenvalue weighted by atomic mass is 9.93. The molecule has 1 unspecified atom stereocenters. The average molecular weight is 266 g/mol. The van der Waals surface area contributed by atoms with Crippen LogP contribution in [0.1, 0.15) is 39.0 Å². The zero-order valence-corrected chi connectivity index (χ0v) is 11.2. The van der Waals surface area contributed by atoms with Crippen LogP contribution in [-0.2, 0) is 0 Å². The van der Waals surface area contributed by atoms with Crippen molar-refractivity contribution in [1.29, 1.82) is 0 Å². The fourth-order valence-corrected chi connectivity index (χ4v) is 2.63. The highest BCUT2D eigenvalue weighted by Gasteiger charge is 2.38. The molecule has 18 heavy (non-hydrogen) atoms. The SMILES string of the molecule is CCC1CCN(CCC(CCN)C(F)(F)F)CC1. The summed E-state index contributed by atoms with van der Waals surface area (Å²) in [6, 6.07) is 0. The third kappa shape index (κ3) is 5.14. The number of likely N-dealkylation sites (tertiary alicyclic amines) is 1. The van der Waals surface area contributed by atoms with Gasteiger partial charge in [-0.3, -0.25) is 0 Å². The summed E-state index contributed by atoms with van der Waals surface area (Å²) in [4.78, 5) is 2.17. The number of hydrogen-bond donors (Lipinski definition) is 1. The van der Waals surface area contributed by atoms with Crippen molar-refractivity contribution in [1.82, 2.24) is 4.90 Å². The largest absolute Gasteiger partial charge is 0.391 e. The van der Waals surface area contributed by atoms with E-state index in [1.165, 1.54) is 6.42 Å². The number of rotatable bonds is 6. The van der Waals surface area contributed by atoms with Gasteiger partial charge in [0.15, 0.2) is 0 Å². The molecule has 0 aromatic rings. The van der Waals surface area contributed by atoms with Crippen LogP contribution in [-0.4, -0.2) is 37.3 Å². The molecule has 108 valence electrons. The van der Waals surface area contributed by atoms with E-state index in [2.05, 4.69) is 11.8 Å². The van der Waals surface area contributed by atoms with Crippen molar-refractivity contribution in [3.05, 3.63) is 0 Å². The van der Waals surface area contributed by atoms with Crippen molar-refractivity contribution < 1.29 is 13.2 Å². The van der Waals surface area contributed by atoms with Gasteiger partial charge in [-0.1, -0.05) is 13.3 Å². The molecule has 0 saturated carbocycles. The Morgan fingerprint density at radius 3 is 2.28 bits per heavy atom. The molecule has 1 aliphatic rings. The van der Waals surface area contributed by atoms with Crippen molar-refractivity contribution >= 4 is 0 Å². The minimum atomic E-state index is -4.10. The van der Waals surface area contributed by atoms with E-state index in [4.69, 9.17) is 5.73 Å². The van der Waals surface area contributed by atoms with E-state index in [0.717, 1.165) is 31.8 Å². The third-order valence-electron chi connectivity index (χ3n) is 4.06. The number of nitrogens with two attached hydrogens (primary N) is 1. The molecule has 0 bridgehead atoms. The van der Waals surface area contributed by atoms with E-state index in [0.29, 0.717) is 6.54 Å². The maximum atomic E-state index is 12.7. The number of piperidine rings is 1. The second-order valence-electron chi connectivity index (χ2n) is 5.30. The monoisotopic (exact) mass is 266 g/mol. The molecular weight excluding hydrogens is 241 g/mol. The Labute approximate surface area is 108 Å². The van der Waals surface area contributed by atoms with Gasteiger partial charge in [0.05, 0.1) is 5.92 Å². The Morgan fingerprint density at radius 1 is 1.22 bits per heavy atom. The van der Waals surface area contributed by atoms with E-state index < -0.39 is 12.1 Å². The van der Waals surface area contributed by atoms with Crippen molar-refractivity contribution in [2.75, 3.05) is 26.2 Å². The van der Waals surface area contributed by atoms with Gasteiger partial charge < -0.3 is 10.6 Å². The van der Waals surface area contributed by atoms with Gasteiger partial charge in [0, 0.05) is 0 Å². The Morgan fingerprint density at radius 2 is 1.83 bits per heavy atom. The molecule has 0 aromatic heterocycles. The summed E-state index contributed by atoms with van der Waals surface area (Å²) in [6.45, 7) is 4.75. The fourth-order valence-electron chi connectivity index (χ4n) is 2.63. The van der Waals surface area contributed by atoms with E-state index >= 15 is 0 Å². The van der Waals surface area contributed by atoms with Gasteiger partial charge in [0.25, 0.3) is 0 Å². The highest BCUT2D eigenvalue weighted by molar-refractivity contribution is 4.75. The molecule has 0 aliphatic carbocycles. The van der Waals surface area contributed by atoms with Crippen LogP contribution in [0.3, 0.4) is 0 Å². The summed E-state index contributed by atoms with van der Waals surface area (Å²) in [5.41, 5.74) is 5.26. The molecule has 0 amide bonds. The highest BCUT2D eigenvalue weighted by Crippen LogP contribution is 2.31. The first-order valence-electron chi connectivity index (χ1n) is 6.96. The standard InChI is InChI=1S/C13H25F3N2/c1-2-11-4-8-18(9-5-11)10-6-12(3-7-17)13(14,15)16/h11-12H,2-10,17H2,1H3. The number of nitrogens with zero attached hydrogens (tertiary/aromatic N) is 1. The van der Waals surface area contributed by atoms with Gasteiger partial charge in [-0.05, 0) is 57.8 Å². The van der Waals surface area contributed by atoms with Crippen LogP contribution in [0, 0.1) is 11.8 Å². The molecule has 1 saturated heterocycles. The zero-order valence-electron chi connectivity index (χ0n) is 11.2. The van der Waals surface area contributed by atoms with Crippen molar-refractivity contribution in [3.63, 3.8) is 0 Å². The number of hydrogen-bond acceptors (Lipinski definition) is 2. The van der Waals surface area contributed by atoms with E-state index in [1.54, 1.807) is 0 Å². The van der Waals surface area contributed by atoms with E-state index in [-0.39, 0.29) is 19.4 Å². The van der Waals surface area contributed by atoms with Crippen LogP contribution in [0.2, 0.25) is 0 Å². The molecular formula is C13H25F3N2. The highest BCUT2D eigenvalue weighted by atomic mass is 19.4. The summed E-state index contributed by atoms with van der Waals surface area (Å²) < 4.78 is 38.1. The quantitative estimate of drug-likeness (QED) is 0.800. The van der Waals surface area contributed by atoms with Crippen LogP contribution in [0.25, 0.3) is 0 Å². The van der Waals surface area contributed by atoms with Crippen LogP contribution < -0.4 is 5.73 Å². The second-order valence-corrected chi connectivity index (χ2v) is 5.30. The predicted octanol–water partition coefficient (Wildman–Crippen LogP) is 3.03. The van der Waals surface area contributed by atoms with Crippen molar-refractivity contribution in [2.24, 2.45) is 17.6 Å². The zero-order chi connectivity index (χ0) is 13.6. The van der Waals surface area contributed by atoms with Crippen molar-refractivity contribution in [2.45, 2.75) is 45.2 Å². The molecule has 1 atom stereocenters. The maximum absolute atomic E-state index is 12.7. The van der Waals surface area contributed by atoms with E-state index in [1.807, 2.05) is 0 Å². The van der Waals surface area contributed by atoms with Crippen LogP contribution in [0.4, 0.5) is 13.2 Å². The first kappa shape index (κ1) is 15.8. The second kappa shape index (κ2) is 7.34. The van der Waals surface area contributed by atoms with Crippen molar-refractivity contribution in [3.8, 4) is 0 Å². The lowest BCUT2D eigenvalue weighted by molar-refractivity contribution is -0.178. The number of alkyl halides is 3. The predicted molar refractivity (Wildman–Crippen MR) is 67.3 cm³/mol. The molecule has 5 heteroatoms. The molecule has 2 N–H and O–H groups in total. The summed E-state index contributed by atoms with van der Waals surface area (Å²) in [5.74, 6) is -0.463. The Kier molecular flexibility index (Phi) is 6.43. The first-order valence-corrected chi connectivity index (χ1v) is 6.96. The summed E-state index contributed by atoms with van der Waals surface area (Å²) >= 11 is 0. The average Bonchev–Trinajstić information content (AvgIpc) is 2.33. The summed E-state index contributed by atoms with van der Waals surface area (Å²) in [7, 11) is 0. The molecule has 0 aromatic carbocycles. The summed E-state index contributed by atoms with van der Waals surface area (Å²) in [5, 5.41) is 0. The third-order valence-corrected chi connectivity index (χ3v) is 4.06. The Bertz CT molecular complexity index is 223. The molecule has 2 nitrogen and oxygen atoms in total. The van der Waals surface area contributed by atoms with Gasteiger partial charge in [0.1, 0.15) is 0 Å².